The maximum Gasteiger partial charge on any atom is 0.319 e. The highest BCUT2D eigenvalue weighted by molar-refractivity contribution is 5.89. The number of carbonyl (C=O) groups is 1. The fraction of sp³-hybridized carbons (Fsp3) is 0.111. The molecular weight excluding hydrogens is 328 g/mol. The summed E-state index contributed by atoms with van der Waals surface area (Å²) in [5, 5.41) is 5.94. The predicted octanol–water partition coefficient (Wildman–Crippen LogP) is 3.71. The van der Waals surface area contributed by atoms with Crippen molar-refractivity contribution < 1.29 is 18.3 Å². The molecule has 5 nitrogen and oxygen atoms in total. The number of ether oxygens (including phenoxy) is 1. The molecule has 2 aromatic carbocycles. The van der Waals surface area contributed by atoms with Crippen LogP contribution in [0, 0.1) is 11.6 Å². The standard InChI is InChI=1S/C18H15F2N3O2/c19-15-5-3-13(11-16(15)20)23-18(24)22-8-9-25-14-4-6-17-12(10-14)2-1-7-21-17/h1-7,10-11H,8-9H2,(H2,22,23,24). The SMILES string of the molecule is O=C(NCCOc1ccc2ncccc2c1)Nc1ccc(F)c(F)c1. The van der Waals surface area contributed by atoms with Gasteiger partial charge in [-0.05, 0) is 36.4 Å². The Kier molecular flexibility index (Phi) is 5.03. The number of nitrogens with zero attached hydrogens (tertiary/aromatic N) is 1. The van der Waals surface area contributed by atoms with E-state index in [0.717, 1.165) is 23.0 Å². The van der Waals surface area contributed by atoms with Crippen molar-refractivity contribution in [3.05, 3.63) is 66.4 Å². The molecule has 1 aromatic heterocycles. The molecule has 25 heavy (non-hydrogen) atoms. The van der Waals surface area contributed by atoms with Crippen LogP contribution in [0.2, 0.25) is 0 Å². The van der Waals surface area contributed by atoms with E-state index in [4.69, 9.17) is 4.74 Å². The molecule has 0 fully saturated rings. The van der Waals surface area contributed by atoms with E-state index in [1.54, 1.807) is 12.3 Å². The van der Waals surface area contributed by atoms with Crippen LogP contribution in [-0.2, 0) is 0 Å². The largest absolute Gasteiger partial charge is 0.492 e. The first-order valence-electron chi connectivity index (χ1n) is 7.59. The van der Waals surface area contributed by atoms with Crippen molar-refractivity contribution in [2.75, 3.05) is 18.5 Å². The first-order chi connectivity index (χ1) is 12.1. The number of rotatable bonds is 5. The number of amides is 2. The summed E-state index contributed by atoms with van der Waals surface area (Å²) in [4.78, 5) is 15.9. The third-order valence-electron chi connectivity index (χ3n) is 3.41. The maximum absolute atomic E-state index is 13.1. The quantitative estimate of drug-likeness (QED) is 0.694. The van der Waals surface area contributed by atoms with Crippen molar-refractivity contribution in [2.45, 2.75) is 0 Å². The van der Waals surface area contributed by atoms with E-state index in [0.29, 0.717) is 5.75 Å². The van der Waals surface area contributed by atoms with E-state index in [9.17, 15) is 13.6 Å². The average molecular weight is 343 g/mol. The number of benzene rings is 2. The minimum absolute atomic E-state index is 0.166. The van der Waals surface area contributed by atoms with Gasteiger partial charge in [-0.2, -0.15) is 0 Å². The Morgan fingerprint density at radius 1 is 1.08 bits per heavy atom. The lowest BCUT2D eigenvalue weighted by Crippen LogP contribution is -2.32. The van der Waals surface area contributed by atoms with Crippen molar-refractivity contribution in [2.24, 2.45) is 0 Å². The van der Waals surface area contributed by atoms with Gasteiger partial charge in [0.05, 0.1) is 12.1 Å². The van der Waals surface area contributed by atoms with Crippen LogP contribution in [0.3, 0.4) is 0 Å². The summed E-state index contributed by atoms with van der Waals surface area (Å²) >= 11 is 0. The van der Waals surface area contributed by atoms with E-state index in [2.05, 4.69) is 15.6 Å². The second-order valence-corrected chi connectivity index (χ2v) is 5.22. The number of urea groups is 1. The molecule has 0 aliphatic rings. The predicted molar refractivity (Wildman–Crippen MR) is 90.6 cm³/mol. The van der Waals surface area contributed by atoms with Crippen LogP contribution in [0.4, 0.5) is 19.3 Å². The third kappa shape index (κ3) is 4.41. The van der Waals surface area contributed by atoms with Crippen molar-refractivity contribution in [1.82, 2.24) is 10.3 Å². The molecule has 2 amide bonds. The number of carbonyl (C=O) groups excluding carboxylic acids is 1. The highest BCUT2D eigenvalue weighted by atomic mass is 19.2. The van der Waals surface area contributed by atoms with Crippen LogP contribution in [0.15, 0.2) is 54.7 Å². The maximum atomic E-state index is 13.1. The van der Waals surface area contributed by atoms with Crippen molar-refractivity contribution >= 4 is 22.6 Å². The molecule has 0 saturated heterocycles. The normalized spacial score (nSPS) is 10.5. The second kappa shape index (κ2) is 7.57. The Hall–Kier alpha value is -3.22. The third-order valence-corrected chi connectivity index (χ3v) is 3.41. The van der Waals surface area contributed by atoms with E-state index in [1.807, 2.05) is 24.3 Å². The Morgan fingerprint density at radius 3 is 2.80 bits per heavy atom. The van der Waals surface area contributed by atoms with Gasteiger partial charge in [-0.1, -0.05) is 6.07 Å². The zero-order valence-electron chi connectivity index (χ0n) is 13.1. The topological polar surface area (TPSA) is 63.2 Å². The first kappa shape index (κ1) is 16.6. The van der Waals surface area contributed by atoms with Crippen LogP contribution in [0.1, 0.15) is 0 Å². The Bertz CT molecular complexity index is 902. The fourth-order valence-electron chi connectivity index (χ4n) is 2.23. The summed E-state index contributed by atoms with van der Waals surface area (Å²) in [7, 11) is 0. The van der Waals surface area contributed by atoms with Gasteiger partial charge in [-0.15, -0.1) is 0 Å². The number of halogens is 2. The van der Waals surface area contributed by atoms with Gasteiger partial charge in [0.1, 0.15) is 12.4 Å². The van der Waals surface area contributed by atoms with E-state index in [-0.39, 0.29) is 18.8 Å². The molecule has 7 heteroatoms. The van der Waals surface area contributed by atoms with Gasteiger partial charge >= 0.3 is 6.03 Å². The lowest BCUT2D eigenvalue weighted by atomic mass is 10.2. The van der Waals surface area contributed by atoms with Crippen molar-refractivity contribution in [3.63, 3.8) is 0 Å². The number of hydrogen-bond acceptors (Lipinski definition) is 3. The van der Waals surface area contributed by atoms with Crippen LogP contribution in [-0.4, -0.2) is 24.2 Å². The highest BCUT2D eigenvalue weighted by Gasteiger charge is 2.05. The van der Waals surface area contributed by atoms with Gasteiger partial charge in [-0.3, -0.25) is 4.98 Å². The first-order valence-corrected chi connectivity index (χ1v) is 7.59. The molecule has 1 heterocycles. The monoisotopic (exact) mass is 343 g/mol. The highest BCUT2D eigenvalue weighted by Crippen LogP contribution is 2.18. The summed E-state index contributed by atoms with van der Waals surface area (Å²) < 4.78 is 31.5. The molecule has 0 aliphatic carbocycles. The van der Waals surface area contributed by atoms with Gasteiger partial charge in [-0.25, -0.2) is 13.6 Å². The molecule has 0 saturated carbocycles. The Balaban J connectivity index is 1.45. The molecule has 0 aliphatic heterocycles. The fourth-order valence-corrected chi connectivity index (χ4v) is 2.23. The minimum atomic E-state index is -1.02. The van der Waals surface area contributed by atoms with Crippen LogP contribution in [0.5, 0.6) is 5.75 Å². The summed E-state index contributed by atoms with van der Waals surface area (Å²) in [6.07, 6.45) is 1.72. The minimum Gasteiger partial charge on any atom is -0.492 e. The number of pyridine rings is 1. The molecule has 0 unspecified atom stereocenters. The molecule has 0 radical (unpaired) electrons. The van der Waals surface area contributed by atoms with E-state index >= 15 is 0 Å². The van der Waals surface area contributed by atoms with Crippen molar-refractivity contribution in [3.8, 4) is 5.75 Å². The average Bonchev–Trinajstić information content (AvgIpc) is 2.62. The van der Waals surface area contributed by atoms with Crippen molar-refractivity contribution in [1.29, 1.82) is 0 Å². The number of fused-ring (bicyclic) bond motifs is 1. The summed E-state index contributed by atoms with van der Waals surface area (Å²) in [5.41, 5.74) is 1.04. The molecular formula is C18H15F2N3O2. The molecule has 2 N–H and O–H groups in total. The van der Waals surface area contributed by atoms with Crippen LogP contribution in [0.25, 0.3) is 10.9 Å². The van der Waals surface area contributed by atoms with E-state index < -0.39 is 17.7 Å². The second-order valence-electron chi connectivity index (χ2n) is 5.22. The zero-order valence-corrected chi connectivity index (χ0v) is 13.1. The lowest BCUT2D eigenvalue weighted by Gasteiger charge is -2.10. The van der Waals surface area contributed by atoms with E-state index in [1.165, 1.54) is 6.07 Å². The number of nitrogens with one attached hydrogen (secondary N) is 2. The Labute approximate surface area is 142 Å². The summed E-state index contributed by atoms with van der Waals surface area (Å²) in [6.45, 7) is 0.511. The Morgan fingerprint density at radius 2 is 1.96 bits per heavy atom. The van der Waals surface area contributed by atoms with Crippen LogP contribution >= 0.6 is 0 Å². The lowest BCUT2D eigenvalue weighted by molar-refractivity contribution is 0.247. The number of anilines is 1. The molecule has 128 valence electrons. The summed E-state index contributed by atoms with van der Waals surface area (Å²) in [5.74, 6) is -1.32. The van der Waals surface area contributed by atoms with Gasteiger partial charge in [0.15, 0.2) is 11.6 Å². The van der Waals surface area contributed by atoms with Gasteiger partial charge in [0, 0.05) is 23.3 Å². The molecule has 0 spiro atoms. The van der Waals surface area contributed by atoms with Gasteiger partial charge in [0.2, 0.25) is 0 Å². The van der Waals surface area contributed by atoms with Gasteiger partial charge in [0.25, 0.3) is 0 Å². The zero-order chi connectivity index (χ0) is 17.6. The number of aromatic nitrogens is 1. The van der Waals surface area contributed by atoms with Gasteiger partial charge < -0.3 is 15.4 Å². The smallest absolute Gasteiger partial charge is 0.319 e. The molecule has 0 bridgehead atoms. The molecule has 3 rings (SSSR count). The molecule has 3 aromatic rings. The summed E-state index contributed by atoms with van der Waals surface area (Å²) in [6, 6.07) is 11.9. The number of hydrogen-bond donors (Lipinski definition) is 2. The molecule has 0 atom stereocenters. The van der Waals surface area contributed by atoms with Crippen LogP contribution < -0.4 is 15.4 Å².